The Bertz CT molecular complexity index is 1210. The highest BCUT2D eigenvalue weighted by molar-refractivity contribution is 6.32. The van der Waals surface area contributed by atoms with Crippen molar-refractivity contribution in [1.82, 2.24) is 4.98 Å². The van der Waals surface area contributed by atoms with Crippen molar-refractivity contribution in [2.75, 3.05) is 11.9 Å². The molecule has 152 valence electrons. The van der Waals surface area contributed by atoms with Crippen LogP contribution in [0.1, 0.15) is 16.7 Å². The number of anilines is 1. The number of fused-ring (bicyclic) bond motifs is 1. The van der Waals surface area contributed by atoms with Crippen LogP contribution in [0.3, 0.4) is 0 Å². The Morgan fingerprint density at radius 1 is 1.03 bits per heavy atom. The predicted octanol–water partition coefficient (Wildman–Crippen LogP) is 6.09. The standard InChI is InChI=1S/C24H21ClN2O3/c1-14-4-6-17(7-5-14)24-27-20-12-18(8-9-21(20)30-24)26-22(28)13-29-19-10-15(2)23(25)16(3)11-19/h4-12H,13H2,1-3H3,(H,26,28). The average Bonchev–Trinajstić information content (AvgIpc) is 3.14. The second-order valence-electron chi connectivity index (χ2n) is 7.28. The predicted molar refractivity (Wildman–Crippen MR) is 119 cm³/mol. The number of halogens is 1. The molecule has 0 radical (unpaired) electrons. The number of nitrogens with zero attached hydrogens (tertiary/aromatic N) is 1. The summed E-state index contributed by atoms with van der Waals surface area (Å²) in [6.07, 6.45) is 0. The number of aryl methyl sites for hydroxylation is 3. The van der Waals surface area contributed by atoms with Crippen LogP contribution in [-0.4, -0.2) is 17.5 Å². The minimum absolute atomic E-state index is 0.105. The van der Waals surface area contributed by atoms with E-state index in [-0.39, 0.29) is 12.5 Å². The van der Waals surface area contributed by atoms with Gasteiger partial charge in [0.2, 0.25) is 5.89 Å². The highest BCUT2D eigenvalue weighted by atomic mass is 35.5. The van der Waals surface area contributed by atoms with Crippen molar-refractivity contribution >= 4 is 34.3 Å². The van der Waals surface area contributed by atoms with E-state index in [2.05, 4.69) is 10.3 Å². The summed E-state index contributed by atoms with van der Waals surface area (Å²) >= 11 is 6.17. The Hall–Kier alpha value is -3.31. The molecule has 1 amide bonds. The van der Waals surface area contributed by atoms with E-state index < -0.39 is 0 Å². The molecular weight excluding hydrogens is 400 g/mol. The molecule has 1 aromatic heterocycles. The topological polar surface area (TPSA) is 64.4 Å². The number of carbonyl (C=O) groups is 1. The van der Waals surface area contributed by atoms with E-state index >= 15 is 0 Å². The summed E-state index contributed by atoms with van der Waals surface area (Å²) in [5.74, 6) is 0.895. The molecule has 0 atom stereocenters. The van der Waals surface area contributed by atoms with Gasteiger partial charge in [-0.05, 0) is 74.4 Å². The summed E-state index contributed by atoms with van der Waals surface area (Å²) in [5.41, 5.74) is 5.86. The van der Waals surface area contributed by atoms with Crippen LogP contribution in [-0.2, 0) is 4.79 Å². The van der Waals surface area contributed by atoms with Crippen LogP contribution in [0.4, 0.5) is 5.69 Å². The van der Waals surface area contributed by atoms with Crippen LogP contribution < -0.4 is 10.1 Å². The van der Waals surface area contributed by atoms with Gasteiger partial charge in [0.1, 0.15) is 11.3 Å². The Labute approximate surface area is 179 Å². The van der Waals surface area contributed by atoms with Crippen molar-refractivity contribution in [3.63, 3.8) is 0 Å². The fraction of sp³-hybridized carbons (Fsp3) is 0.167. The van der Waals surface area contributed by atoms with Crippen molar-refractivity contribution in [2.24, 2.45) is 0 Å². The normalized spacial score (nSPS) is 10.9. The monoisotopic (exact) mass is 420 g/mol. The Balaban J connectivity index is 1.44. The second kappa shape index (κ2) is 8.20. The van der Waals surface area contributed by atoms with Gasteiger partial charge in [-0.15, -0.1) is 0 Å². The Morgan fingerprint density at radius 2 is 1.73 bits per heavy atom. The first-order valence-corrected chi connectivity index (χ1v) is 9.94. The summed E-state index contributed by atoms with van der Waals surface area (Å²) in [5, 5.41) is 3.54. The molecule has 0 bridgehead atoms. The lowest BCUT2D eigenvalue weighted by atomic mass is 10.1. The number of oxazole rings is 1. The Kier molecular flexibility index (Phi) is 5.46. The zero-order valence-electron chi connectivity index (χ0n) is 17.0. The molecule has 30 heavy (non-hydrogen) atoms. The van der Waals surface area contributed by atoms with E-state index in [4.69, 9.17) is 20.8 Å². The number of ether oxygens (including phenoxy) is 1. The number of aromatic nitrogens is 1. The maximum Gasteiger partial charge on any atom is 0.262 e. The average molecular weight is 421 g/mol. The first-order chi connectivity index (χ1) is 14.4. The second-order valence-corrected chi connectivity index (χ2v) is 7.65. The third-order valence-corrected chi connectivity index (χ3v) is 5.35. The number of nitrogens with one attached hydrogen (secondary N) is 1. The molecule has 4 rings (SSSR count). The van der Waals surface area contributed by atoms with Gasteiger partial charge in [-0.25, -0.2) is 4.98 Å². The zero-order chi connectivity index (χ0) is 21.3. The van der Waals surface area contributed by atoms with Crippen LogP contribution in [0, 0.1) is 20.8 Å². The molecule has 0 saturated heterocycles. The van der Waals surface area contributed by atoms with Crippen LogP contribution >= 0.6 is 11.6 Å². The minimum atomic E-state index is -0.262. The molecule has 3 aromatic carbocycles. The van der Waals surface area contributed by atoms with E-state index in [0.29, 0.717) is 33.4 Å². The van der Waals surface area contributed by atoms with E-state index in [0.717, 1.165) is 16.7 Å². The molecule has 0 saturated carbocycles. The minimum Gasteiger partial charge on any atom is -0.484 e. The molecule has 0 aliphatic heterocycles. The molecule has 0 aliphatic carbocycles. The van der Waals surface area contributed by atoms with Gasteiger partial charge in [0.15, 0.2) is 12.2 Å². The molecule has 0 aliphatic rings. The molecule has 4 aromatic rings. The fourth-order valence-corrected chi connectivity index (χ4v) is 3.27. The zero-order valence-corrected chi connectivity index (χ0v) is 17.7. The van der Waals surface area contributed by atoms with Gasteiger partial charge in [0.25, 0.3) is 5.91 Å². The number of carbonyl (C=O) groups excluding carboxylic acids is 1. The Morgan fingerprint density at radius 3 is 2.43 bits per heavy atom. The molecule has 1 heterocycles. The van der Waals surface area contributed by atoms with Gasteiger partial charge in [0.05, 0.1) is 0 Å². The van der Waals surface area contributed by atoms with Crippen molar-refractivity contribution in [1.29, 1.82) is 0 Å². The number of benzene rings is 3. The van der Waals surface area contributed by atoms with Gasteiger partial charge in [-0.3, -0.25) is 4.79 Å². The van der Waals surface area contributed by atoms with Crippen LogP contribution in [0.25, 0.3) is 22.6 Å². The van der Waals surface area contributed by atoms with Crippen LogP contribution in [0.5, 0.6) is 5.75 Å². The summed E-state index contributed by atoms with van der Waals surface area (Å²) in [6.45, 7) is 5.73. The lowest BCUT2D eigenvalue weighted by molar-refractivity contribution is -0.118. The third kappa shape index (κ3) is 4.31. The highest BCUT2D eigenvalue weighted by Crippen LogP contribution is 2.27. The lowest BCUT2D eigenvalue weighted by Gasteiger charge is -2.10. The molecular formula is C24H21ClN2O3. The number of hydrogen-bond acceptors (Lipinski definition) is 4. The molecule has 1 N–H and O–H groups in total. The van der Waals surface area contributed by atoms with E-state index in [1.165, 1.54) is 5.56 Å². The summed E-state index contributed by atoms with van der Waals surface area (Å²) in [7, 11) is 0. The first kappa shape index (κ1) is 20.0. The van der Waals surface area contributed by atoms with Crippen molar-refractivity contribution in [3.05, 3.63) is 76.3 Å². The maximum atomic E-state index is 12.3. The van der Waals surface area contributed by atoms with Gasteiger partial charge in [-0.2, -0.15) is 0 Å². The van der Waals surface area contributed by atoms with Crippen LogP contribution in [0.15, 0.2) is 59.0 Å². The van der Waals surface area contributed by atoms with Gasteiger partial charge >= 0.3 is 0 Å². The van der Waals surface area contributed by atoms with E-state index in [9.17, 15) is 4.79 Å². The number of amides is 1. The quantitative estimate of drug-likeness (QED) is 0.424. The largest absolute Gasteiger partial charge is 0.484 e. The first-order valence-electron chi connectivity index (χ1n) is 9.56. The summed E-state index contributed by atoms with van der Waals surface area (Å²) in [6, 6.07) is 17.0. The maximum absolute atomic E-state index is 12.3. The van der Waals surface area contributed by atoms with Crippen molar-refractivity contribution in [3.8, 4) is 17.2 Å². The van der Waals surface area contributed by atoms with E-state index in [1.54, 1.807) is 18.2 Å². The molecule has 5 nitrogen and oxygen atoms in total. The SMILES string of the molecule is Cc1ccc(-c2nc3cc(NC(=O)COc4cc(C)c(Cl)c(C)c4)ccc3o2)cc1. The smallest absolute Gasteiger partial charge is 0.262 e. The van der Waals surface area contributed by atoms with Crippen molar-refractivity contribution in [2.45, 2.75) is 20.8 Å². The van der Waals surface area contributed by atoms with Gasteiger partial charge in [-0.1, -0.05) is 29.3 Å². The molecule has 6 heteroatoms. The number of rotatable bonds is 5. The molecule has 0 unspecified atom stereocenters. The van der Waals surface area contributed by atoms with Crippen LogP contribution in [0.2, 0.25) is 5.02 Å². The summed E-state index contributed by atoms with van der Waals surface area (Å²) < 4.78 is 11.4. The van der Waals surface area contributed by atoms with Gasteiger partial charge < -0.3 is 14.5 Å². The molecule has 0 fully saturated rings. The fourth-order valence-electron chi connectivity index (χ4n) is 3.16. The number of hydrogen-bond donors (Lipinski definition) is 1. The lowest BCUT2D eigenvalue weighted by Crippen LogP contribution is -2.20. The third-order valence-electron chi connectivity index (χ3n) is 4.75. The molecule has 0 spiro atoms. The van der Waals surface area contributed by atoms with Crippen molar-refractivity contribution < 1.29 is 13.9 Å². The van der Waals surface area contributed by atoms with Gasteiger partial charge in [0, 0.05) is 16.3 Å². The summed E-state index contributed by atoms with van der Waals surface area (Å²) in [4.78, 5) is 16.9. The van der Waals surface area contributed by atoms with E-state index in [1.807, 2.05) is 57.2 Å². The highest BCUT2D eigenvalue weighted by Gasteiger charge is 2.11.